The highest BCUT2D eigenvalue weighted by Crippen LogP contribution is 2.23. The van der Waals surface area contributed by atoms with E-state index >= 15 is 0 Å². The van der Waals surface area contributed by atoms with Crippen LogP contribution >= 0.6 is 0 Å². The van der Waals surface area contributed by atoms with Crippen LogP contribution < -0.4 is 10.6 Å². The van der Waals surface area contributed by atoms with E-state index in [1.807, 2.05) is 13.1 Å². The highest BCUT2D eigenvalue weighted by molar-refractivity contribution is 6.01. The van der Waals surface area contributed by atoms with Crippen LogP contribution in [0, 0.1) is 0 Å². The lowest BCUT2D eigenvalue weighted by molar-refractivity contribution is 0.220. The maximum atomic E-state index is 8.88. The first-order valence-electron chi connectivity index (χ1n) is 7.05. The number of aromatic nitrogens is 1. The molecule has 0 saturated carbocycles. The number of hydrogen-bond donors (Lipinski definition) is 2. The van der Waals surface area contributed by atoms with Crippen molar-refractivity contribution in [1.29, 1.82) is 0 Å². The van der Waals surface area contributed by atoms with Crippen molar-refractivity contribution in [2.24, 2.45) is 10.9 Å². The Morgan fingerprint density at radius 3 is 2.85 bits per heavy atom. The van der Waals surface area contributed by atoms with E-state index in [2.05, 4.69) is 26.9 Å². The third-order valence-electron chi connectivity index (χ3n) is 4.06. The van der Waals surface area contributed by atoms with Crippen LogP contribution in [0.1, 0.15) is 25.3 Å². The summed E-state index contributed by atoms with van der Waals surface area (Å²) in [6, 6.07) is 4.07. The van der Waals surface area contributed by atoms with E-state index in [9.17, 15) is 0 Å². The molecule has 0 aromatic carbocycles. The van der Waals surface area contributed by atoms with Crippen LogP contribution in [-0.4, -0.2) is 53.7 Å². The van der Waals surface area contributed by atoms with Gasteiger partial charge in [-0.3, -0.25) is 0 Å². The first-order valence-corrected chi connectivity index (χ1v) is 7.05. The molecule has 1 saturated heterocycles. The molecule has 1 fully saturated rings. The topological polar surface area (TPSA) is 78.0 Å². The number of anilines is 1. The van der Waals surface area contributed by atoms with E-state index in [1.54, 1.807) is 12.3 Å². The van der Waals surface area contributed by atoms with Crippen molar-refractivity contribution in [3.05, 3.63) is 23.9 Å². The van der Waals surface area contributed by atoms with E-state index in [1.165, 1.54) is 0 Å². The third kappa shape index (κ3) is 3.01. The van der Waals surface area contributed by atoms with Gasteiger partial charge >= 0.3 is 0 Å². The molecule has 0 unspecified atom stereocenters. The van der Waals surface area contributed by atoms with Crippen LogP contribution in [0.4, 0.5) is 5.82 Å². The minimum absolute atomic E-state index is 0.103. The first kappa shape index (κ1) is 14.6. The van der Waals surface area contributed by atoms with Gasteiger partial charge in [-0.1, -0.05) is 12.1 Å². The van der Waals surface area contributed by atoms with E-state index in [0.717, 1.165) is 38.3 Å². The van der Waals surface area contributed by atoms with Crippen molar-refractivity contribution in [2.45, 2.75) is 25.8 Å². The second-order valence-corrected chi connectivity index (χ2v) is 5.14. The van der Waals surface area contributed by atoms with Crippen LogP contribution in [-0.2, 0) is 0 Å². The fourth-order valence-electron chi connectivity index (χ4n) is 2.73. The molecule has 0 atom stereocenters. The maximum Gasteiger partial charge on any atom is 0.173 e. The molecule has 0 amide bonds. The van der Waals surface area contributed by atoms with E-state index in [4.69, 9.17) is 10.9 Å². The number of likely N-dealkylation sites (tertiary alicyclic amines) is 1. The number of pyridine rings is 1. The number of hydrogen-bond acceptors (Lipinski definition) is 5. The largest absolute Gasteiger partial charge is 0.409 e. The smallest absolute Gasteiger partial charge is 0.173 e. The van der Waals surface area contributed by atoms with E-state index in [0.29, 0.717) is 11.6 Å². The average Bonchev–Trinajstić information content (AvgIpc) is 2.53. The van der Waals surface area contributed by atoms with Crippen molar-refractivity contribution in [1.82, 2.24) is 9.88 Å². The van der Waals surface area contributed by atoms with Gasteiger partial charge in [-0.15, -0.1) is 0 Å². The lowest BCUT2D eigenvalue weighted by Gasteiger charge is -2.37. The van der Waals surface area contributed by atoms with Gasteiger partial charge in [-0.2, -0.15) is 0 Å². The quantitative estimate of drug-likeness (QED) is 0.373. The highest BCUT2D eigenvalue weighted by Gasteiger charge is 2.24. The van der Waals surface area contributed by atoms with Gasteiger partial charge in [0.05, 0.1) is 5.56 Å². The van der Waals surface area contributed by atoms with Gasteiger partial charge in [0, 0.05) is 32.4 Å². The van der Waals surface area contributed by atoms with Gasteiger partial charge in [0.15, 0.2) is 5.84 Å². The molecule has 6 nitrogen and oxygen atoms in total. The summed E-state index contributed by atoms with van der Waals surface area (Å²) in [5.41, 5.74) is 6.41. The first-order chi connectivity index (χ1) is 9.67. The van der Waals surface area contributed by atoms with Crippen molar-refractivity contribution in [2.75, 3.05) is 31.6 Å². The molecule has 2 rings (SSSR count). The van der Waals surface area contributed by atoms with Crippen LogP contribution in [0.5, 0.6) is 0 Å². The van der Waals surface area contributed by atoms with Crippen LogP contribution in [0.2, 0.25) is 0 Å². The third-order valence-corrected chi connectivity index (χ3v) is 4.06. The molecular weight excluding hydrogens is 254 g/mol. The lowest BCUT2D eigenvalue weighted by atomic mass is 10.0. The number of nitrogens with zero attached hydrogens (tertiary/aromatic N) is 4. The van der Waals surface area contributed by atoms with Crippen LogP contribution in [0.15, 0.2) is 23.5 Å². The fraction of sp³-hybridized carbons (Fsp3) is 0.571. The molecule has 1 aliphatic rings. The summed E-state index contributed by atoms with van der Waals surface area (Å²) < 4.78 is 0. The van der Waals surface area contributed by atoms with Crippen molar-refractivity contribution < 1.29 is 5.21 Å². The standard InChI is InChI=1S/C14H23N5O/c1-3-19-9-6-11(7-10-19)18(2)14-12(13(15)17-20)5-4-8-16-14/h4-5,8,11,20H,3,6-7,9-10H2,1-2H3,(H2,15,17). The number of oxime groups is 1. The Balaban J connectivity index is 2.15. The van der Waals surface area contributed by atoms with Crippen molar-refractivity contribution in [3.8, 4) is 0 Å². The van der Waals surface area contributed by atoms with Crippen LogP contribution in [0.3, 0.4) is 0 Å². The zero-order chi connectivity index (χ0) is 14.5. The Morgan fingerprint density at radius 1 is 1.55 bits per heavy atom. The van der Waals surface area contributed by atoms with Gasteiger partial charge in [0.1, 0.15) is 5.82 Å². The molecule has 0 spiro atoms. The molecule has 1 aromatic rings. The van der Waals surface area contributed by atoms with Gasteiger partial charge in [0.2, 0.25) is 0 Å². The Morgan fingerprint density at radius 2 is 2.25 bits per heavy atom. The molecule has 6 heteroatoms. The monoisotopic (exact) mass is 277 g/mol. The molecular formula is C14H23N5O. The summed E-state index contributed by atoms with van der Waals surface area (Å²) in [6.07, 6.45) is 3.95. The van der Waals surface area contributed by atoms with E-state index in [-0.39, 0.29) is 5.84 Å². The number of piperidine rings is 1. The summed E-state index contributed by atoms with van der Waals surface area (Å²) in [7, 11) is 2.03. The molecule has 0 bridgehead atoms. The lowest BCUT2D eigenvalue weighted by Crippen LogP contribution is -2.44. The molecule has 0 aliphatic carbocycles. The van der Waals surface area contributed by atoms with Crippen molar-refractivity contribution in [3.63, 3.8) is 0 Å². The molecule has 2 heterocycles. The average molecular weight is 277 g/mol. The molecule has 3 N–H and O–H groups in total. The molecule has 110 valence electrons. The Bertz CT molecular complexity index is 468. The Hall–Kier alpha value is -1.82. The van der Waals surface area contributed by atoms with Gasteiger partial charge in [-0.25, -0.2) is 4.98 Å². The summed E-state index contributed by atoms with van der Waals surface area (Å²) >= 11 is 0. The number of nitrogens with two attached hydrogens (primary N) is 1. The molecule has 0 radical (unpaired) electrons. The summed E-state index contributed by atoms with van der Waals surface area (Å²) in [5, 5.41) is 12.0. The van der Waals surface area contributed by atoms with Gasteiger partial charge in [-0.05, 0) is 31.5 Å². The van der Waals surface area contributed by atoms with Gasteiger partial charge in [0.25, 0.3) is 0 Å². The second-order valence-electron chi connectivity index (χ2n) is 5.14. The fourth-order valence-corrected chi connectivity index (χ4v) is 2.73. The Labute approximate surface area is 119 Å². The van der Waals surface area contributed by atoms with Crippen molar-refractivity contribution >= 4 is 11.7 Å². The summed E-state index contributed by atoms with van der Waals surface area (Å²) in [5.74, 6) is 0.878. The maximum absolute atomic E-state index is 8.88. The Kier molecular flexibility index (Phi) is 4.79. The summed E-state index contributed by atoms with van der Waals surface area (Å²) in [6.45, 7) is 5.52. The molecule has 20 heavy (non-hydrogen) atoms. The normalized spacial score (nSPS) is 18.2. The minimum Gasteiger partial charge on any atom is -0.409 e. The SMILES string of the molecule is CCN1CCC(N(C)c2ncccc2C(N)=NO)CC1. The minimum atomic E-state index is 0.103. The molecule has 1 aliphatic heterocycles. The zero-order valence-electron chi connectivity index (χ0n) is 12.2. The predicted octanol–water partition coefficient (Wildman–Crippen LogP) is 1.10. The number of rotatable bonds is 4. The summed E-state index contributed by atoms with van der Waals surface area (Å²) in [4.78, 5) is 9.01. The van der Waals surface area contributed by atoms with E-state index < -0.39 is 0 Å². The second kappa shape index (κ2) is 6.56. The van der Waals surface area contributed by atoms with Gasteiger partial charge < -0.3 is 20.7 Å². The molecule has 1 aromatic heterocycles. The zero-order valence-corrected chi connectivity index (χ0v) is 12.2. The highest BCUT2D eigenvalue weighted by atomic mass is 16.4. The predicted molar refractivity (Wildman–Crippen MR) is 80.3 cm³/mol. The van der Waals surface area contributed by atoms with Crippen LogP contribution in [0.25, 0.3) is 0 Å². The number of amidine groups is 1.